The Morgan fingerprint density at radius 3 is 2.84 bits per heavy atom. The van der Waals surface area contributed by atoms with Crippen LogP contribution in [0.25, 0.3) is 10.7 Å². The highest BCUT2D eigenvalue weighted by Crippen LogP contribution is 2.22. The summed E-state index contributed by atoms with van der Waals surface area (Å²) in [5.41, 5.74) is 1.52. The number of carbonyl (C=O) groups excluding carboxylic acids is 1. The summed E-state index contributed by atoms with van der Waals surface area (Å²) in [6.45, 7) is 1.98. The summed E-state index contributed by atoms with van der Waals surface area (Å²) in [4.78, 5) is 13.4. The minimum absolute atomic E-state index is 0.0865. The first-order chi connectivity index (χ1) is 12.1. The Bertz CT molecular complexity index is 964. The zero-order valence-corrected chi connectivity index (χ0v) is 15.0. The second-order valence-electron chi connectivity index (χ2n) is 5.44. The Kier molecular flexibility index (Phi) is 5.07. The fourth-order valence-electron chi connectivity index (χ4n) is 2.42. The van der Waals surface area contributed by atoms with E-state index in [0.717, 1.165) is 10.4 Å². The molecule has 0 radical (unpaired) electrons. The molecule has 0 aliphatic carbocycles. The first kappa shape index (κ1) is 17.1. The molecule has 2 heterocycles. The Morgan fingerprint density at radius 2 is 2.20 bits per heavy atom. The van der Waals surface area contributed by atoms with Crippen LogP contribution in [0.2, 0.25) is 0 Å². The average Bonchev–Trinajstić information content (AvgIpc) is 3.25. The highest BCUT2D eigenvalue weighted by Gasteiger charge is 2.15. The van der Waals surface area contributed by atoms with E-state index >= 15 is 0 Å². The fraction of sp³-hybridized carbons (Fsp3) is 0.176. The number of benzene rings is 1. The van der Waals surface area contributed by atoms with Crippen LogP contribution < -0.4 is 5.32 Å². The molecule has 1 unspecified atom stereocenters. The zero-order valence-electron chi connectivity index (χ0n) is 13.4. The molecule has 0 spiro atoms. The van der Waals surface area contributed by atoms with Gasteiger partial charge in [0.05, 0.1) is 22.6 Å². The highest BCUT2D eigenvalue weighted by atomic mass is 32.1. The average molecular weight is 369 g/mol. The molecule has 0 bridgehead atoms. The van der Waals surface area contributed by atoms with Crippen molar-refractivity contribution in [1.29, 1.82) is 5.26 Å². The number of aromatic nitrogens is 3. The van der Waals surface area contributed by atoms with Crippen molar-refractivity contribution in [2.45, 2.75) is 19.5 Å². The Labute approximate surface area is 153 Å². The molecule has 25 heavy (non-hydrogen) atoms. The molecule has 1 atom stereocenters. The third-order valence-electron chi connectivity index (χ3n) is 3.72. The standard InChI is InChI=1S/C17H15N5OS2/c1-11(13-6-4-12(9-18)5-7-13)19-15(23)10-22-16(20-21-17(22)24)14-3-2-8-25-14/h2-8,11H,10H2,1H3,(H,19,23)(H,21,24). The van der Waals surface area contributed by atoms with Crippen LogP contribution >= 0.6 is 23.6 Å². The summed E-state index contributed by atoms with van der Waals surface area (Å²) >= 11 is 6.78. The van der Waals surface area contributed by atoms with Crippen LogP contribution in [0.1, 0.15) is 24.1 Å². The summed E-state index contributed by atoms with van der Waals surface area (Å²) in [5.74, 6) is 0.494. The molecule has 1 amide bonds. The summed E-state index contributed by atoms with van der Waals surface area (Å²) in [7, 11) is 0. The predicted molar refractivity (Wildman–Crippen MR) is 98.4 cm³/mol. The molecule has 0 saturated carbocycles. The normalized spacial score (nSPS) is 11.7. The van der Waals surface area contributed by atoms with E-state index in [1.165, 1.54) is 11.3 Å². The number of amides is 1. The van der Waals surface area contributed by atoms with Gasteiger partial charge in [-0.25, -0.2) is 0 Å². The van der Waals surface area contributed by atoms with Gasteiger partial charge in [-0.15, -0.1) is 11.3 Å². The summed E-state index contributed by atoms with van der Waals surface area (Å²) < 4.78 is 2.09. The second kappa shape index (κ2) is 7.42. The molecule has 8 heteroatoms. The highest BCUT2D eigenvalue weighted by molar-refractivity contribution is 7.71. The number of rotatable bonds is 5. The first-order valence-electron chi connectivity index (χ1n) is 7.57. The van der Waals surface area contributed by atoms with Crippen LogP contribution in [-0.4, -0.2) is 20.7 Å². The van der Waals surface area contributed by atoms with Gasteiger partial charge in [0.1, 0.15) is 6.54 Å². The van der Waals surface area contributed by atoms with Crippen molar-refractivity contribution in [2.75, 3.05) is 0 Å². The predicted octanol–water partition coefficient (Wildman–Crippen LogP) is 3.42. The van der Waals surface area contributed by atoms with Gasteiger partial charge in [-0.05, 0) is 48.3 Å². The molecule has 2 N–H and O–H groups in total. The van der Waals surface area contributed by atoms with Crippen LogP contribution in [-0.2, 0) is 11.3 Å². The molecule has 2 aromatic heterocycles. The zero-order chi connectivity index (χ0) is 17.8. The molecule has 0 aliphatic heterocycles. The molecule has 0 aliphatic rings. The van der Waals surface area contributed by atoms with Crippen LogP contribution in [0.4, 0.5) is 0 Å². The molecule has 0 saturated heterocycles. The van der Waals surface area contributed by atoms with Crippen LogP contribution in [0.3, 0.4) is 0 Å². The lowest BCUT2D eigenvalue weighted by atomic mass is 10.1. The van der Waals surface area contributed by atoms with Crippen LogP contribution in [0, 0.1) is 16.1 Å². The Morgan fingerprint density at radius 1 is 1.44 bits per heavy atom. The SMILES string of the molecule is CC(NC(=O)Cn1c(-c2cccs2)n[nH]c1=S)c1ccc(C#N)cc1. The van der Waals surface area contributed by atoms with Gasteiger partial charge in [-0.2, -0.15) is 10.4 Å². The van der Waals surface area contributed by atoms with Gasteiger partial charge in [0.15, 0.2) is 10.6 Å². The number of nitriles is 1. The van der Waals surface area contributed by atoms with Crippen molar-refractivity contribution < 1.29 is 4.79 Å². The Hall–Kier alpha value is -2.76. The fourth-order valence-corrected chi connectivity index (χ4v) is 3.34. The third kappa shape index (κ3) is 3.84. The maximum absolute atomic E-state index is 12.4. The van der Waals surface area contributed by atoms with E-state index < -0.39 is 0 Å². The van der Waals surface area contributed by atoms with Gasteiger partial charge >= 0.3 is 0 Å². The largest absolute Gasteiger partial charge is 0.348 e. The summed E-state index contributed by atoms with van der Waals surface area (Å²) in [6, 6.07) is 12.9. The van der Waals surface area contributed by atoms with Gasteiger partial charge in [0.25, 0.3) is 0 Å². The van der Waals surface area contributed by atoms with Crippen molar-refractivity contribution in [3.05, 3.63) is 57.7 Å². The van der Waals surface area contributed by atoms with E-state index in [1.807, 2.05) is 36.6 Å². The summed E-state index contributed by atoms with van der Waals surface area (Å²) in [5, 5.41) is 20.7. The van der Waals surface area contributed by atoms with Gasteiger partial charge in [0.2, 0.25) is 5.91 Å². The van der Waals surface area contributed by atoms with Gasteiger partial charge in [0, 0.05) is 0 Å². The smallest absolute Gasteiger partial charge is 0.240 e. The first-order valence-corrected chi connectivity index (χ1v) is 8.86. The summed E-state index contributed by atoms with van der Waals surface area (Å²) in [6.07, 6.45) is 0. The maximum Gasteiger partial charge on any atom is 0.240 e. The van der Waals surface area contributed by atoms with E-state index in [0.29, 0.717) is 16.2 Å². The van der Waals surface area contributed by atoms with Crippen molar-refractivity contribution in [3.8, 4) is 16.8 Å². The van der Waals surface area contributed by atoms with Gasteiger partial charge < -0.3 is 5.32 Å². The molecule has 1 aromatic carbocycles. The number of hydrogen-bond donors (Lipinski definition) is 2. The number of nitrogens with one attached hydrogen (secondary N) is 2. The minimum Gasteiger partial charge on any atom is -0.348 e. The van der Waals surface area contributed by atoms with E-state index in [1.54, 1.807) is 16.7 Å². The molecule has 3 aromatic rings. The number of nitrogens with zero attached hydrogens (tertiary/aromatic N) is 3. The van der Waals surface area contributed by atoms with Crippen LogP contribution in [0.15, 0.2) is 41.8 Å². The monoisotopic (exact) mass is 369 g/mol. The maximum atomic E-state index is 12.4. The van der Waals surface area contributed by atoms with Gasteiger partial charge in [-0.3, -0.25) is 14.5 Å². The number of H-pyrrole nitrogens is 1. The number of carbonyl (C=O) groups is 1. The molecule has 0 fully saturated rings. The lowest BCUT2D eigenvalue weighted by Crippen LogP contribution is -2.30. The van der Waals surface area contributed by atoms with Crippen molar-refractivity contribution in [2.24, 2.45) is 0 Å². The van der Waals surface area contributed by atoms with E-state index in [2.05, 4.69) is 21.6 Å². The number of aromatic amines is 1. The van der Waals surface area contributed by atoms with Crippen molar-refractivity contribution in [3.63, 3.8) is 0 Å². The second-order valence-corrected chi connectivity index (χ2v) is 6.77. The van der Waals surface area contributed by atoms with Crippen LogP contribution in [0.5, 0.6) is 0 Å². The third-order valence-corrected chi connectivity index (χ3v) is 4.90. The quantitative estimate of drug-likeness (QED) is 0.675. The lowest BCUT2D eigenvalue weighted by Gasteiger charge is -2.15. The number of hydrogen-bond acceptors (Lipinski definition) is 5. The van der Waals surface area contributed by atoms with Crippen molar-refractivity contribution >= 4 is 29.5 Å². The topological polar surface area (TPSA) is 86.5 Å². The number of thiophene rings is 1. The molecular formula is C17H15N5OS2. The minimum atomic E-state index is -0.175. The Balaban J connectivity index is 1.72. The molecule has 126 valence electrons. The van der Waals surface area contributed by atoms with E-state index in [-0.39, 0.29) is 18.5 Å². The van der Waals surface area contributed by atoms with E-state index in [9.17, 15) is 4.79 Å². The lowest BCUT2D eigenvalue weighted by molar-refractivity contribution is -0.122. The molecular weight excluding hydrogens is 354 g/mol. The van der Waals surface area contributed by atoms with E-state index in [4.69, 9.17) is 17.5 Å². The van der Waals surface area contributed by atoms with Gasteiger partial charge in [-0.1, -0.05) is 18.2 Å². The molecule has 3 rings (SSSR count). The van der Waals surface area contributed by atoms with Crippen molar-refractivity contribution in [1.82, 2.24) is 20.1 Å². The molecule has 6 nitrogen and oxygen atoms in total.